The fraction of sp³-hybridized carbons (Fsp3) is 0.818. The van der Waals surface area contributed by atoms with E-state index in [0.717, 1.165) is 0 Å². The summed E-state index contributed by atoms with van der Waals surface area (Å²) < 4.78 is 0. The van der Waals surface area contributed by atoms with Gasteiger partial charge in [0.15, 0.2) is 0 Å². The second-order valence-electron chi connectivity index (χ2n) is 4.52. The fourth-order valence-electron chi connectivity index (χ4n) is 2.37. The molecule has 0 radical (unpaired) electrons. The molecule has 0 bridgehead atoms. The van der Waals surface area contributed by atoms with E-state index in [1.165, 1.54) is 12.8 Å². The average molecular weight is 210 g/mol. The fourth-order valence-corrected chi connectivity index (χ4v) is 2.37. The summed E-state index contributed by atoms with van der Waals surface area (Å²) in [6, 6.07) is -0.0182. The lowest BCUT2D eigenvalue weighted by atomic mass is 10.0. The first-order chi connectivity index (χ1) is 7.15. The van der Waals surface area contributed by atoms with Gasteiger partial charge in [-0.2, -0.15) is 0 Å². The molecule has 15 heavy (non-hydrogen) atoms. The minimum atomic E-state index is -0.248. The van der Waals surface area contributed by atoms with Crippen molar-refractivity contribution in [2.24, 2.45) is 5.92 Å². The SMILES string of the molecule is CCC1C(=O)NCC(=O)N1C(C)C1CC1. The van der Waals surface area contributed by atoms with Crippen molar-refractivity contribution < 1.29 is 9.59 Å². The summed E-state index contributed by atoms with van der Waals surface area (Å²) in [7, 11) is 0. The van der Waals surface area contributed by atoms with Crippen LogP contribution >= 0.6 is 0 Å². The van der Waals surface area contributed by atoms with Crippen molar-refractivity contribution in [1.82, 2.24) is 10.2 Å². The molecule has 2 unspecified atom stereocenters. The maximum atomic E-state index is 11.8. The normalized spacial score (nSPS) is 28.9. The topological polar surface area (TPSA) is 49.4 Å². The zero-order valence-electron chi connectivity index (χ0n) is 9.32. The van der Waals surface area contributed by atoms with Gasteiger partial charge >= 0.3 is 0 Å². The molecule has 1 aliphatic heterocycles. The van der Waals surface area contributed by atoms with E-state index in [9.17, 15) is 9.59 Å². The number of nitrogens with zero attached hydrogens (tertiary/aromatic N) is 1. The van der Waals surface area contributed by atoms with Gasteiger partial charge in [-0.05, 0) is 32.1 Å². The maximum absolute atomic E-state index is 11.8. The van der Waals surface area contributed by atoms with Crippen LogP contribution in [0.25, 0.3) is 0 Å². The predicted molar refractivity (Wildman–Crippen MR) is 56.1 cm³/mol. The third-order valence-corrected chi connectivity index (χ3v) is 3.47. The molecular formula is C11H18N2O2. The Morgan fingerprint density at radius 3 is 2.67 bits per heavy atom. The Morgan fingerprint density at radius 2 is 2.13 bits per heavy atom. The Labute approximate surface area is 90.0 Å². The highest BCUT2D eigenvalue weighted by atomic mass is 16.2. The van der Waals surface area contributed by atoms with Crippen LogP contribution in [0.4, 0.5) is 0 Å². The van der Waals surface area contributed by atoms with E-state index in [-0.39, 0.29) is 30.4 Å². The van der Waals surface area contributed by atoms with Crippen molar-refractivity contribution in [2.45, 2.75) is 45.2 Å². The lowest BCUT2D eigenvalue weighted by Gasteiger charge is -2.38. The monoisotopic (exact) mass is 210 g/mol. The highest BCUT2D eigenvalue weighted by Crippen LogP contribution is 2.36. The summed E-state index contributed by atoms with van der Waals surface area (Å²) in [5.41, 5.74) is 0. The molecule has 2 aliphatic rings. The zero-order chi connectivity index (χ0) is 11.0. The number of rotatable bonds is 3. The number of hydrogen-bond donors (Lipinski definition) is 1. The van der Waals surface area contributed by atoms with E-state index in [1.807, 2.05) is 6.92 Å². The zero-order valence-corrected chi connectivity index (χ0v) is 9.32. The molecule has 0 aromatic carbocycles. The Balaban J connectivity index is 2.15. The van der Waals surface area contributed by atoms with Crippen LogP contribution in [-0.4, -0.2) is 35.3 Å². The molecule has 4 heteroatoms. The van der Waals surface area contributed by atoms with E-state index >= 15 is 0 Å². The number of carbonyl (C=O) groups excluding carboxylic acids is 2. The van der Waals surface area contributed by atoms with Crippen molar-refractivity contribution >= 4 is 11.8 Å². The van der Waals surface area contributed by atoms with Crippen molar-refractivity contribution in [3.63, 3.8) is 0 Å². The molecule has 1 heterocycles. The number of nitrogens with one attached hydrogen (secondary N) is 1. The van der Waals surface area contributed by atoms with Gasteiger partial charge in [0.05, 0.1) is 6.54 Å². The standard InChI is InChI=1S/C11H18N2O2/c1-3-9-11(15)12-6-10(14)13(9)7(2)8-4-5-8/h7-9H,3-6H2,1-2H3,(H,12,15). The van der Waals surface area contributed by atoms with E-state index in [2.05, 4.69) is 12.2 Å². The molecule has 2 rings (SSSR count). The summed E-state index contributed by atoms with van der Waals surface area (Å²) in [4.78, 5) is 25.2. The van der Waals surface area contributed by atoms with E-state index < -0.39 is 0 Å². The third kappa shape index (κ3) is 1.85. The second kappa shape index (κ2) is 3.83. The average Bonchev–Trinajstić information content (AvgIpc) is 3.03. The molecule has 2 amide bonds. The van der Waals surface area contributed by atoms with Crippen molar-refractivity contribution in [2.75, 3.05) is 6.54 Å². The molecule has 84 valence electrons. The highest BCUT2D eigenvalue weighted by molar-refractivity contribution is 5.94. The Morgan fingerprint density at radius 1 is 1.47 bits per heavy atom. The first kappa shape index (κ1) is 10.5. The molecule has 2 atom stereocenters. The molecule has 2 fully saturated rings. The molecule has 0 spiro atoms. The molecule has 1 N–H and O–H groups in total. The van der Waals surface area contributed by atoms with Crippen LogP contribution in [0, 0.1) is 5.92 Å². The number of amides is 2. The second-order valence-corrected chi connectivity index (χ2v) is 4.52. The van der Waals surface area contributed by atoms with Gasteiger partial charge in [-0.3, -0.25) is 9.59 Å². The first-order valence-electron chi connectivity index (χ1n) is 5.74. The summed E-state index contributed by atoms with van der Waals surface area (Å²) in [6.07, 6.45) is 3.10. The minimum absolute atomic E-state index is 0.00426. The van der Waals surface area contributed by atoms with Crippen LogP contribution in [0.3, 0.4) is 0 Å². The molecule has 4 nitrogen and oxygen atoms in total. The van der Waals surface area contributed by atoms with Gasteiger partial charge in [0, 0.05) is 6.04 Å². The molecule has 1 saturated carbocycles. The van der Waals surface area contributed by atoms with Gasteiger partial charge in [0.1, 0.15) is 6.04 Å². The molecule has 1 saturated heterocycles. The van der Waals surface area contributed by atoms with Crippen LogP contribution < -0.4 is 5.32 Å². The lowest BCUT2D eigenvalue weighted by Crippen LogP contribution is -2.61. The Hall–Kier alpha value is -1.06. The quantitative estimate of drug-likeness (QED) is 0.738. The van der Waals surface area contributed by atoms with Crippen molar-refractivity contribution in [3.8, 4) is 0 Å². The summed E-state index contributed by atoms with van der Waals surface area (Å²) >= 11 is 0. The predicted octanol–water partition coefficient (Wildman–Crippen LogP) is 0.522. The van der Waals surface area contributed by atoms with Crippen molar-refractivity contribution in [1.29, 1.82) is 0 Å². The number of piperazine rings is 1. The molecule has 1 aliphatic carbocycles. The lowest BCUT2D eigenvalue weighted by molar-refractivity contribution is -0.148. The van der Waals surface area contributed by atoms with E-state index in [0.29, 0.717) is 12.3 Å². The largest absolute Gasteiger partial charge is 0.345 e. The molecule has 0 aromatic rings. The van der Waals surface area contributed by atoms with Crippen LogP contribution in [0.15, 0.2) is 0 Å². The minimum Gasteiger partial charge on any atom is -0.345 e. The Kier molecular flexibility index (Phi) is 2.67. The van der Waals surface area contributed by atoms with Crippen LogP contribution in [-0.2, 0) is 9.59 Å². The first-order valence-corrected chi connectivity index (χ1v) is 5.74. The molecular weight excluding hydrogens is 192 g/mol. The van der Waals surface area contributed by atoms with Crippen LogP contribution in [0.1, 0.15) is 33.1 Å². The van der Waals surface area contributed by atoms with Gasteiger partial charge in [-0.25, -0.2) is 0 Å². The van der Waals surface area contributed by atoms with Gasteiger partial charge in [-0.15, -0.1) is 0 Å². The number of hydrogen-bond acceptors (Lipinski definition) is 2. The maximum Gasteiger partial charge on any atom is 0.243 e. The van der Waals surface area contributed by atoms with Gasteiger partial charge in [0.25, 0.3) is 0 Å². The number of carbonyl (C=O) groups is 2. The van der Waals surface area contributed by atoms with Crippen LogP contribution in [0.2, 0.25) is 0 Å². The summed E-state index contributed by atoms with van der Waals surface area (Å²) in [5, 5.41) is 2.65. The van der Waals surface area contributed by atoms with Gasteiger partial charge < -0.3 is 10.2 Å². The van der Waals surface area contributed by atoms with Crippen LogP contribution in [0.5, 0.6) is 0 Å². The molecule has 0 aromatic heterocycles. The van der Waals surface area contributed by atoms with Gasteiger partial charge in [-0.1, -0.05) is 6.92 Å². The highest BCUT2D eigenvalue weighted by Gasteiger charge is 2.41. The van der Waals surface area contributed by atoms with E-state index in [4.69, 9.17) is 0 Å². The summed E-state index contributed by atoms with van der Waals surface area (Å²) in [5.74, 6) is 0.694. The Bertz CT molecular complexity index is 286. The summed E-state index contributed by atoms with van der Waals surface area (Å²) in [6.45, 7) is 4.19. The van der Waals surface area contributed by atoms with Gasteiger partial charge in [0.2, 0.25) is 11.8 Å². The smallest absolute Gasteiger partial charge is 0.243 e. The van der Waals surface area contributed by atoms with Crippen molar-refractivity contribution in [3.05, 3.63) is 0 Å². The van der Waals surface area contributed by atoms with E-state index in [1.54, 1.807) is 4.90 Å². The third-order valence-electron chi connectivity index (χ3n) is 3.47.